The standard InChI is InChI=1S/C42H87NO2/c1-4-7-10-13-16-19-21-23-25-27-30-33-36-41(44)39-43(38-35-32-29-18-15-12-9-6-3)40-42(45)37-34-31-28-26-24-22-20-17-14-11-8-5-2/h41-42,44-45H,4-40H2,1-3H3. The lowest BCUT2D eigenvalue weighted by Crippen LogP contribution is -2.38. The van der Waals surface area contributed by atoms with Crippen molar-refractivity contribution in [2.24, 2.45) is 0 Å². The number of aliphatic hydroxyl groups is 2. The first kappa shape index (κ1) is 44.9. The van der Waals surface area contributed by atoms with Crippen LogP contribution in [-0.2, 0) is 0 Å². The second-order valence-corrected chi connectivity index (χ2v) is 14.9. The van der Waals surface area contributed by atoms with Gasteiger partial charge >= 0.3 is 0 Å². The fourth-order valence-electron chi connectivity index (χ4n) is 6.95. The van der Waals surface area contributed by atoms with Gasteiger partial charge in [0, 0.05) is 13.1 Å². The van der Waals surface area contributed by atoms with Crippen LogP contribution in [0.25, 0.3) is 0 Å². The second kappa shape index (κ2) is 38.3. The molecule has 0 aromatic rings. The Bertz CT molecular complexity index is 491. The number of hydrogen-bond acceptors (Lipinski definition) is 3. The monoisotopic (exact) mass is 638 g/mol. The van der Waals surface area contributed by atoms with E-state index in [2.05, 4.69) is 25.7 Å². The van der Waals surface area contributed by atoms with Crippen LogP contribution in [-0.4, -0.2) is 47.0 Å². The van der Waals surface area contributed by atoms with Crippen molar-refractivity contribution in [3.63, 3.8) is 0 Å². The van der Waals surface area contributed by atoms with Crippen molar-refractivity contribution in [1.82, 2.24) is 4.90 Å². The zero-order chi connectivity index (χ0) is 32.9. The van der Waals surface area contributed by atoms with Crippen molar-refractivity contribution < 1.29 is 10.2 Å². The molecular formula is C42H87NO2. The predicted octanol–water partition coefficient (Wildman–Crippen LogP) is 13.3. The third kappa shape index (κ3) is 36.6. The molecule has 0 aromatic carbocycles. The number of hydrogen-bond donors (Lipinski definition) is 2. The highest BCUT2D eigenvalue weighted by molar-refractivity contribution is 4.70. The molecule has 0 heterocycles. The summed E-state index contributed by atoms with van der Waals surface area (Å²) in [5.74, 6) is 0. The maximum absolute atomic E-state index is 10.9. The van der Waals surface area contributed by atoms with Gasteiger partial charge in [-0.05, 0) is 25.8 Å². The van der Waals surface area contributed by atoms with E-state index in [0.29, 0.717) is 0 Å². The van der Waals surface area contributed by atoms with Crippen molar-refractivity contribution in [3.8, 4) is 0 Å². The van der Waals surface area contributed by atoms with Gasteiger partial charge in [0.1, 0.15) is 0 Å². The van der Waals surface area contributed by atoms with Crippen molar-refractivity contribution in [3.05, 3.63) is 0 Å². The largest absolute Gasteiger partial charge is 0.392 e. The molecule has 0 rings (SSSR count). The first-order valence-electron chi connectivity index (χ1n) is 21.2. The van der Waals surface area contributed by atoms with E-state index in [1.807, 2.05) is 0 Å². The van der Waals surface area contributed by atoms with Crippen LogP contribution in [0, 0.1) is 0 Å². The van der Waals surface area contributed by atoms with Gasteiger partial charge in [0.15, 0.2) is 0 Å². The van der Waals surface area contributed by atoms with E-state index >= 15 is 0 Å². The van der Waals surface area contributed by atoms with Crippen molar-refractivity contribution >= 4 is 0 Å². The van der Waals surface area contributed by atoms with E-state index in [1.54, 1.807) is 0 Å². The molecule has 0 aliphatic heterocycles. The molecule has 0 aliphatic carbocycles. The number of rotatable bonds is 39. The molecule has 0 spiro atoms. The van der Waals surface area contributed by atoms with Crippen LogP contribution < -0.4 is 0 Å². The van der Waals surface area contributed by atoms with Gasteiger partial charge in [-0.15, -0.1) is 0 Å². The summed E-state index contributed by atoms with van der Waals surface area (Å²) in [6, 6.07) is 0. The highest BCUT2D eigenvalue weighted by atomic mass is 16.3. The summed E-state index contributed by atoms with van der Waals surface area (Å²) < 4.78 is 0. The van der Waals surface area contributed by atoms with Crippen LogP contribution in [0.15, 0.2) is 0 Å². The molecule has 0 aromatic heterocycles. The van der Waals surface area contributed by atoms with Crippen LogP contribution in [0.5, 0.6) is 0 Å². The van der Waals surface area contributed by atoms with Crippen molar-refractivity contribution in [1.29, 1.82) is 0 Å². The molecule has 0 aliphatic rings. The average molecular weight is 638 g/mol. The Kier molecular flexibility index (Phi) is 38.2. The molecule has 3 heteroatoms. The van der Waals surface area contributed by atoms with Gasteiger partial charge in [0.25, 0.3) is 0 Å². The number of unbranched alkanes of at least 4 members (excludes halogenated alkanes) is 29. The topological polar surface area (TPSA) is 43.7 Å². The average Bonchev–Trinajstić information content (AvgIpc) is 3.03. The Morgan fingerprint density at radius 2 is 0.533 bits per heavy atom. The van der Waals surface area contributed by atoms with E-state index in [4.69, 9.17) is 0 Å². The molecule has 0 saturated carbocycles. The van der Waals surface area contributed by atoms with Gasteiger partial charge in [0.05, 0.1) is 12.2 Å². The molecule has 0 saturated heterocycles. The van der Waals surface area contributed by atoms with E-state index in [9.17, 15) is 10.2 Å². The molecule has 272 valence electrons. The third-order valence-corrected chi connectivity index (χ3v) is 10.0. The maximum Gasteiger partial charge on any atom is 0.0667 e. The molecule has 45 heavy (non-hydrogen) atoms. The Morgan fingerprint density at radius 1 is 0.311 bits per heavy atom. The van der Waals surface area contributed by atoms with Crippen LogP contribution in [0.1, 0.15) is 239 Å². The highest BCUT2D eigenvalue weighted by Crippen LogP contribution is 2.16. The lowest BCUT2D eigenvalue weighted by atomic mass is 10.0. The summed E-state index contributed by atoms with van der Waals surface area (Å²) in [5, 5.41) is 21.8. The number of nitrogens with zero attached hydrogens (tertiary/aromatic N) is 1. The third-order valence-electron chi connectivity index (χ3n) is 10.0. The molecule has 2 unspecified atom stereocenters. The van der Waals surface area contributed by atoms with E-state index in [0.717, 1.165) is 45.3 Å². The van der Waals surface area contributed by atoms with Crippen LogP contribution in [0.3, 0.4) is 0 Å². The Hall–Kier alpha value is -0.120. The molecule has 0 fully saturated rings. The summed E-state index contributed by atoms with van der Waals surface area (Å²) in [6.07, 6.45) is 44.6. The predicted molar refractivity (Wildman–Crippen MR) is 202 cm³/mol. The molecule has 2 atom stereocenters. The minimum Gasteiger partial charge on any atom is -0.392 e. The molecule has 0 amide bonds. The van der Waals surface area contributed by atoms with Crippen LogP contribution in [0.2, 0.25) is 0 Å². The van der Waals surface area contributed by atoms with Crippen LogP contribution >= 0.6 is 0 Å². The quantitative estimate of drug-likeness (QED) is 0.0659. The Balaban J connectivity index is 4.11. The van der Waals surface area contributed by atoms with Crippen molar-refractivity contribution in [2.75, 3.05) is 19.6 Å². The maximum atomic E-state index is 10.9. The van der Waals surface area contributed by atoms with Gasteiger partial charge < -0.3 is 10.2 Å². The normalized spacial score (nSPS) is 13.2. The second-order valence-electron chi connectivity index (χ2n) is 14.9. The van der Waals surface area contributed by atoms with Gasteiger partial charge in [-0.1, -0.05) is 220 Å². The SMILES string of the molecule is CCCCCCCCCCCCCCC(O)CN(CCCCCCCCCC)CC(O)CCCCCCCCCCCCCC. The summed E-state index contributed by atoms with van der Waals surface area (Å²) in [4.78, 5) is 2.40. The summed E-state index contributed by atoms with van der Waals surface area (Å²) in [7, 11) is 0. The van der Waals surface area contributed by atoms with Gasteiger partial charge in [-0.2, -0.15) is 0 Å². The molecule has 3 nitrogen and oxygen atoms in total. The molecule has 2 N–H and O–H groups in total. The minimum absolute atomic E-state index is 0.249. The first-order chi connectivity index (χ1) is 22.1. The Morgan fingerprint density at radius 3 is 0.800 bits per heavy atom. The fraction of sp³-hybridized carbons (Fsp3) is 1.00. The zero-order valence-corrected chi connectivity index (χ0v) is 31.7. The highest BCUT2D eigenvalue weighted by Gasteiger charge is 2.15. The lowest BCUT2D eigenvalue weighted by Gasteiger charge is -2.27. The smallest absolute Gasteiger partial charge is 0.0667 e. The Labute approximate surface area is 285 Å². The van der Waals surface area contributed by atoms with Gasteiger partial charge in [-0.3, -0.25) is 4.90 Å². The molecule has 0 radical (unpaired) electrons. The number of aliphatic hydroxyl groups excluding tert-OH is 2. The van der Waals surface area contributed by atoms with Gasteiger partial charge in [-0.25, -0.2) is 0 Å². The van der Waals surface area contributed by atoms with Crippen molar-refractivity contribution in [2.45, 2.75) is 251 Å². The molecule has 0 bridgehead atoms. The summed E-state index contributed by atoms with van der Waals surface area (Å²) >= 11 is 0. The lowest BCUT2D eigenvalue weighted by molar-refractivity contribution is 0.0596. The fourth-order valence-corrected chi connectivity index (χ4v) is 6.95. The zero-order valence-electron chi connectivity index (χ0n) is 31.7. The minimum atomic E-state index is -0.249. The van der Waals surface area contributed by atoms with Crippen LogP contribution in [0.4, 0.5) is 0 Å². The van der Waals surface area contributed by atoms with Gasteiger partial charge in [0.2, 0.25) is 0 Å². The first-order valence-corrected chi connectivity index (χ1v) is 21.2. The van der Waals surface area contributed by atoms with E-state index in [1.165, 1.54) is 193 Å². The molecular weight excluding hydrogens is 550 g/mol. The summed E-state index contributed by atoms with van der Waals surface area (Å²) in [5.41, 5.74) is 0. The summed E-state index contributed by atoms with van der Waals surface area (Å²) in [6.45, 7) is 9.37. The van der Waals surface area contributed by atoms with E-state index in [-0.39, 0.29) is 12.2 Å². The van der Waals surface area contributed by atoms with E-state index < -0.39 is 0 Å².